The lowest BCUT2D eigenvalue weighted by molar-refractivity contribution is 0.283. The first-order valence-corrected chi connectivity index (χ1v) is 9.79. The Hall–Kier alpha value is -2.06. The van der Waals surface area contributed by atoms with Crippen LogP contribution in [0.25, 0.3) is 0 Å². The number of furan rings is 1. The molecular formula is C21H23IN2O3. The second-order valence-electron chi connectivity index (χ2n) is 6.88. The highest BCUT2D eigenvalue weighted by Gasteiger charge is 2.18. The van der Waals surface area contributed by atoms with E-state index in [4.69, 9.17) is 9.15 Å². The summed E-state index contributed by atoms with van der Waals surface area (Å²) in [5.74, 6) is 2.25. The Bertz CT molecular complexity index is 973. The molecule has 0 fully saturated rings. The molecule has 6 heteroatoms. The minimum Gasteiger partial charge on any atom is -0.468 e. The molecule has 0 unspecified atom stereocenters. The summed E-state index contributed by atoms with van der Waals surface area (Å²) in [4.78, 5) is 17.4. The molecule has 0 saturated carbocycles. The molecule has 1 aromatic carbocycles. The molecule has 0 aliphatic heterocycles. The number of H-pyrrole nitrogens is 1. The fourth-order valence-corrected chi connectivity index (χ4v) is 3.68. The SMILES string of the molecule is Cc1cc(C)cc(Oc2c(CN(C)Cc3ccco3)c(C)[nH]c(=O)c2I)c1. The van der Waals surface area contributed by atoms with E-state index in [1.54, 1.807) is 6.26 Å². The lowest BCUT2D eigenvalue weighted by Crippen LogP contribution is -2.22. The van der Waals surface area contributed by atoms with Crippen LogP contribution in [-0.2, 0) is 13.1 Å². The Labute approximate surface area is 172 Å². The lowest BCUT2D eigenvalue weighted by atomic mass is 10.1. The highest BCUT2D eigenvalue weighted by molar-refractivity contribution is 14.1. The van der Waals surface area contributed by atoms with Crippen molar-refractivity contribution in [3.63, 3.8) is 0 Å². The molecule has 3 aromatic rings. The van der Waals surface area contributed by atoms with Gasteiger partial charge in [0.25, 0.3) is 5.56 Å². The molecule has 1 N–H and O–H groups in total. The number of halogens is 1. The number of aromatic nitrogens is 1. The first-order valence-electron chi connectivity index (χ1n) is 8.72. The standard InChI is InChI=1S/C21H23IN2O3/c1-13-8-14(2)10-17(9-13)27-20-18(15(3)23-21(25)19(20)22)12-24(4)11-16-6-5-7-26-16/h5-10H,11-12H2,1-4H3,(H,23,25). The van der Waals surface area contributed by atoms with Crippen LogP contribution in [0.5, 0.6) is 11.5 Å². The highest BCUT2D eigenvalue weighted by Crippen LogP contribution is 2.32. The molecule has 0 amide bonds. The van der Waals surface area contributed by atoms with E-state index in [1.165, 1.54) is 0 Å². The third-order valence-electron chi connectivity index (χ3n) is 4.28. The monoisotopic (exact) mass is 478 g/mol. The molecule has 0 aliphatic rings. The Kier molecular flexibility index (Phi) is 6.06. The first kappa shape index (κ1) is 19.7. The van der Waals surface area contributed by atoms with Crippen LogP contribution in [0.3, 0.4) is 0 Å². The molecule has 2 aromatic heterocycles. The second kappa shape index (κ2) is 8.31. The highest BCUT2D eigenvalue weighted by atomic mass is 127. The van der Waals surface area contributed by atoms with Crippen LogP contribution < -0.4 is 10.3 Å². The maximum atomic E-state index is 12.3. The van der Waals surface area contributed by atoms with Gasteiger partial charge in [0, 0.05) is 17.8 Å². The number of ether oxygens (including phenoxy) is 1. The Morgan fingerprint density at radius 1 is 1.15 bits per heavy atom. The van der Waals surface area contributed by atoms with Gasteiger partial charge in [-0.2, -0.15) is 0 Å². The van der Waals surface area contributed by atoms with E-state index in [9.17, 15) is 4.79 Å². The predicted molar refractivity (Wildman–Crippen MR) is 114 cm³/mol. The molecule has 142 valence electrons. The van der Waals surface area contributed by atoms with Crippen LogP contribution in [0.2, 0.25) is 0 Å². The summed E-state index contributed by atoms with van der Waals surface area (Å²) in [5, 5.41) is 0. The van der Waals surface area contributed by atoms with E-state index in [-0.39, 0.29) is 5.56 Å². The Balaban J connectivity index is 1.95. The number of rotatable bonds is 6. The van der Waals surface area contributed by atoms with Crippen LogP contribution in [-0.4, -0.2) is 16.9 Å². The van der Waals surface area contributed by atoms with Crippen molar-refractivity contribution >= 4 is 22.6 Å². The minimum atomic E-state index is -0.134. The molecule has 5 nitrogen and oxygen atoms in total. The van der Waals surface area contributed by atoms with Crippen molar-refractivity contribution in [3.05, 3.63) is 78.7 Å². The van der Waals surface area contributed by atoms with Gasteiger partial charge in [0.05, 0.1) is 12.8 Å². The molecule has 0 saturated heterocycles. The fourth-order valence-electron chi connectivity index (χ4n) is 3.11. The Morgan fingerprint density at radius 2 is 1.85 bits per heavy atom. The number of aryl methyl sites for hydroxylation is 3. The molecule has 27 heavy (non-hydrogen) atoms. The van der Waals surface area contributed by atoms with Crippen LogP contribution in [0.15, 0.2) is 45.8 Å². The van der Waals surface area contributed by atoms with Crippen LogP contribution in [0.1, 0.15) is 28.1 Å². The number of pyridine rings is 1. The summed E-state index contributed by atoms with van der Waals surface area (Å²) >= 11 is 2.05. The fraction of sp³-hybridized carbons (Fsp3) is 0.286. The smallest absolute Gasteiger partial charge is 0.265 e. The van der Waals surface area contributed by atoms with Gasteiger partial charge < -0.3 is 14.1 Å². The summed E-state index contributed by atoms with van der Waals surface area (Å²) in [7, 11) is 2.01. The van der Waals surface area contributed by atoms with Gasteiger partial charge in [-0.25, -0.2) is 0 Å². The van der Waals surface area contributed by atoms with Gasteiger partial charge in [-0.1, -0.05) is 6.07 Å². The summed E-state index contributed by atoms with van der Waals surface area (Å²) < 4.78 is 12.2. The molecule has 0 spiro atoms. The largest absolute Gasteiger partial charge is 0.468 e. The quantitative estimate of drug-likeness (QED) is 0.511. The van der Waals surface area contributed by atoms with Crippen molar-refractivity contribution in [2.45, 2.75) is 33.9 Å². The number of nitrogens with zero attached hydrogens (tertiary/aromatic N) is 1. The molecule has 0 bridgehead atoms. The molecule has 0 atom stereocenters. The number of nitrogens with one attached hydrogen (secondary N) is 1. The second-order valence-corrected chi connectivity index (χ2v) is 7.96. The average molecular weight is 478 g/mol. The van der Waals surface area contributed by atoms with Crippen LogP contribution in [0, 0.1) is 24.3 Å². The number of aromatic amines is 1. The molecule has 0 aliphatic carbocycles. The van der Waals surface area contributed by atoms with E-state index in [0.29, 0.717) is 22.4 Å². The molecule has 2 heterocycles. The summed E-state index contributed by atoms with van der Waals surface area (Å²) in [6, 6.07) is 9.89. The zero-order valence-electron chi connectivity index (χ0n) is 15.9. The third kappa shape index (κ3) is 4.81. The van der Waals surface area contributed by atoms with Gasteiger partial charge in [0.1, 0.15) is 15.1 Å². The van der Waals surface area contributed by atoms with Gasteiger partial charge in [0.2, 0.25) is 0 Å². The number of hydrogen-bond donors (Lipinski definition) is 1. The maximum Gasteiger partial charge on any atom is 0.265 e. The first-order chi connectivity index (χ1) is 12.8. The summed E-state index contributed by atoms with van der Waals surface area (Å²) in [6.07, 6.45) is 1.67. The summed E-state index contributed by atoms with van der Waals surface area (Å²) in [6.45, 7) is 7.27. The van der Waals surface area contributed by atoms with Crippen molar-refractivity contribution in [2.75, 3.05) is 7.05 Å². The third-order valence-corrected chi connectivity index (χ3v) is 5.26. The maximum absolute atomic E-state index is 12.3. The van der Waals surface area contributed by atoms with Gasteiger partial charge in [-0.3, -0.25) is 9.69 Å². The topological polar surface area (TPSA) is 58.5 Å². The number of benzene rings is 1. The van der Waals surface area contributed by atoms with Crippen LogP contribution >= 0.6 is 22.6 Å². The van der Waals surface area contributed by atoms with Gasteiger partial charge in [0.15, 0.2) is 5.75 Å². The van der Waals surface area contributed by atoms with Crippen molar-refractivity contribution in [2.24, 2.45) is 0 Å². The lowest BCUT2D eigenvalue weighted by Gasteiger charge is -2.20. The van der Waals surface area contributed by atoms with Crippen LogP contribution in [0.4, 0.5) is 0 Å². The minimum absolute atomic E-state index is 0.134. The van der Waals surface area contributed by atoms with E-state index in [2.05, 4.69) is 38.5 Å². The summed E-state index contributed by atoms with van der Waals surface area (Å²) in [5.41, 5.74) is 3.89. The van der Waals surface area contributed by atoms with Gasteiger partial charge in [-0.15, -0.1) is 0 Å². The number of hydrogen-bond acceptors (Lipinski definition) is 4. The van der Waals surface area contributed by atoms with Crippen molar-refractivity contribution < 1.29 is 9.15 Å². The zero-order valence-corrected chi connectivity index (χ0v) is 18.1. The normalized spacial score (nSPS) is 11.2. The van der Waals surface area contributed by atoms with E-state index in [0.717, 1.165) is 33.9 Å². The molecule has 0 radical (unpaired) electrons. The molecular weight excluding hydrogens is 455 g/mol. The van der Waals surface area contributed by atoms with E-state index in [1.807, 2.05) is 52.1 Å². The average Bonchev–Trinajstić information content (AvgIpc) is 3.08. The van der Waals surface area contributed by atoms with Crippen molar-refractivity contribution in [1.82, 2.24) is 9.88 Å². The van der Waals surface area contributed by atoms with E-state index < -0.39 is 0 Å². The zero-order chi connectivity index (χ0) is 19.6. The van der Waals surface area contributed by atoms with Gasteiger partial charge >= 0.3 is 0 Å². The Morgan fingerprint density at radius 3 is 2.48 bits per heavy atom. The molecule has 3 rings (SSSR count). The van der Waals surface area contributed by atoms with Gasteiger partial charge in [-0.05, 0) is 85.8 Å². The van der Waals surface area contributed by atoms with Crippen molar-refractivity contribution in [3.8, 4) is 11.5 Å². The van der Waals surface area contributed by atoms with Crippen molar-refractivity contribution in [1.29, 1.82) is 0 Å². The predicted octanol–water partition coefficient (Wildman–Crippen LogP) is 4.92. The van der Waals surface area contributed by atoms with E-state index >= 15 is 0 Å².